The number of hydrogen-bond acceptors (Lipinski definition) is 3. The molecule has 5 aromatic rings. The van der Waals surface area contributed by atoms with Crippen LogP contribution in [0.5, 0.6) is 0 Å². The van der Waals surface area contributed by atoms with Crippen LogP contribution in [0.3, 0.4) is 0 Å². The van der Waals surface area contributed by atoms with E-state index in [4.69, 9.17) is 4.99 Å². The molecule has 0 saturated heterocycles. The third-order valence-corrected chi connectivity index (χ3v) is 9.27. The number of nitrogens with one attached hydrogen (secondary N) is 2. The van der Waals surface area contributed by atoms with Crippen LogP contribution in [0.25, 0.3) is 55.4 Å². The topological polar surface area (TPSA) is 55.5 Å². The van der Waals surface area contributed by atoms with Crippen LogP contribution in [0, 0.1) is 0 Å². The molecule has 0 radical (unpaired) electrons. The highest BCUT2D eigenvalue weighted by molar-refractivity contribution is 6.16. The Bertz CT molecular complexity index is 2250. The van der Waals surface area contributed by atoms with E-state index < -0.39 is 0 Å². The molecule has 1 aliphatic carbocycles. The number of allylic oxidation sites excluding steroid dienone is 6. The summed E-state index contributed by atoms with van der Waals surface area (Å²) in [4.78, 5) is 5.42. The van der Waals surface area contributed by atoms with Gasteiger partial charge in [0.25, 0.3) is 0 Å². The van der Waals surface area contributed by atoms with Gasteiger partial charge in [-0.25, -0.2) is 4.99 Å². The van der Waals surface area contributed by atoms with Crippen molar-refractivity contribution in [3.8, 4) is 0 Å². The number of aromatic nitrogens is 1. The van der Waals surface area contributed by atoms with E-state index in [0.717, 1.165) is 40.5 Å². The monoisotopic (exact) mass is 606 g/mol. The highest BCUT2D eigenvalue weighted by Crippen LogP contribution is 2.36. The van der Waals surface area contributed by atoms with Crippen molar-refractivity contribution in [2.24, 2.45) is 4.99 Å². The highest BCUT2D eigenvalue weighted by atomic mass is 15.0. The van der Waals surface area contributed by atoms with Gasteiger partial charge in [-0.3, -0.25) is 0 Å². The number of hydrogen-bond donors (Lipinski definition) is 2. The summed E-state index contributed by atoms with van der Waals surface area (Å²) in [6.45, 7) is 1.57. The normalized spacial score (nSPS) is 18.5. The van der Waals surface area contributed by atoms with Crippen LogP contribution in [-0.4, -0.2) is 29.4 Å². The van der Waals surface area contributed by atoms with Crippen LogP contribution < -0.4 is 10.6 Å². The summed E-state index contributed by atoms with van der Waals surface area (Å²) >= 11 is 0. The molecule has 4 heterocycles. The fraction of sp³-hybridized carbons (Fsp3) is 0.0714. The standard InChI is InChI=1S/C42H32N5/c1-3-11-39-35(9-1)36-10-2-4-12-40(36)47(39)34-21-22-37-38(25-34)46-42(31-19-15-29(16-20-31)33-8-6-24-44-27-33)41(45-37)30-17-13-28(14-18-30)32-7-5-23-43-26-32/h1-22,24-26,37,43,45H,23,27H2/q-1. The zero-order chi connectivity index (χ0) is 31.2. The minimum absolute atomic E-state index is 0.0430. The molecule has 3 aliphatic heterocycles. The second-order valence-corrected chi connectivity index (χ2v) is 12.1. The van der Waals surface area contributed by atoms with Gasteiger partial charge in [0.05, 0.1) is 34.2 Å². The lowest BCUT2D eigenvalue weighted by molar-refractivity contribution is 0.881. The molecule has 0 saturated carbocycles. The Morgan fingerprint density at radius 3 is 2.15 bits per heavy atom. The SMILES string of the molecule is C1=C[N-]CC(c2ccc(C3=C(c4ccc(C5=CNCC=C5)cc4)NC4C=CC(n5c6ccccc6c6ccccc65)=CC4=N3)cc2)=C1. The summed E-state index contributed by atoms with van der Waals surface area (Å²) < 4.78 is 2.35. The molecule has 5 heteroatoms. The first-order chi connectivity index (χ1) is 23.3. The van der Waals surface area contributed by atoms with E-state index >= 15 is 0 Å². The molecule has 4 aliphatic rings. The predicted octanol–water partition coefficient (Wildman–Crippen LogP) is 8.93. The molecule has 226 valence electrons. The lowest BCUT2D eigenvalue weighted by Crippen LogP contribution is -2.38. The van der Waals surface area contributed by atoms with Gasteiger partial charge in [0.15, 0.2) is 0 Å². The molecule has 0 spiro atoms. The third kappa shape index (κ3) is 4.84. The van der Waals surface area contributed by atoms with Gasteiger partial charge >= 0.3 is 0 Å². The second-order valence-electron chi connectivity index (χ2n) is 12.1. The Hall–Kier alpha value is -6.07. The van der Waals surface area contributed by atoms with Crippen molar-refractivity contribution in [2.75, 3.05) is 13.1 Å². The summed E-state index contributed by atoms with van der Waals surface area (Å²) in [5, 5.41) is 14.1. The van der Waals surface area contributed by atoms with E-state index in [9.17, 15) is 0 Å². The molecule has 0 fully saturated rings. The van der Waals surface area contributed by atoms with Gasteiger partial charge in [0.2, 0.25) is 0 Å². The summed E-state index contributed by atoms with van der Waals surface area (Å²) in [5.41, 5.74) is 13.4. The van der Waals surface area contributed by atoms with E-state index in [0.29, 0.717) is 6.54 Å². The average molecular weight is 607 g/mol. The molecule has 47 heavy (non-hydrogen) atoms. The predicted molar refractivity (Wildman–Crippen MR) is 197 cm³/mol. The van der Waals surface area contributed by atoms with Crippen molar-refractivity contribution in [3.63, 3.8) is 0 Å². The number of rotatable bonds is 5. The van der Waals surface area contributed by atoms with E-state index in [2.05, 4.69) is 160 Å². The quantitative estimate of drug-likeness (QED) is 0.210. The van der Waals surface area contributed by atoms with Crippen molar-refractivity contribution in [1.82, 2.24) is 15.2 Å². The first-order valence-corrected chi connectivity index (χ1v) is 16.1. The van der Waals surface area contributed by atoms with Crippen molar-refractivity contribution in [3.05, 3.63) is 180 Å². The van der Waals surface area contributed by atoms with E-state index in [-0.39, 0.29) is 6.04 Å². The van der Waals surface area contributed by atoms with Crippen LogP contribution in [-0.2, 0) is 0 Å². The number of para-hydroxylation sites is 2. The summed E-state index contributed by atoms with van der Waals surface area (Å²) in [6, 6.07) is 34.7. The van der Waals surface area contributed by atoms with Gasteiger partial charge in [-0.15, -0.1) is 6.54 Å². The van der Waals surface area contributed by atoms with Crippen molar-refractivity contribution >= 4 is 55.8 Å². The number of fused-ring (bicyclic) bond motifs is 4. The van der Waals surface area contributed by atoms with E-state index in [1.165, 1.54) is 44.1 Å². The molecular weight excluding hydrogens is 574 g/mol. The second kappa shape index (κ2) is 11.4. The molecule has 1 aromatic heterocycles. The number of dihydropyridines is 1. The molecule has 4 aromatic carbocycles. The zero-order valence-corrected chi connectivity index (χ0v) is 25.8. The highest BCUT2D eigenvalue weighted by Gasteiger charge is 2.27. The number of aliphatic imine (C=N–C) groups is 1. The Labute approximate surface area is 274 Å². The summed E-state index contributed by atoms with van der Waals surface area (Å²) in [6.07, 6.45) is 19.1. The summed E-state index contributed by atoms with van der Waals surface area (Å²) in [7, 11) is 0. The molecule has 1 atom stereocenters. The van der Waals surface area contributed by atoms with Crippen LogP contribution >= 0.6 is 0 Å². The Morgan fingerprint density at radius 1 is 0.745 bits per heavy atom. The molecule has 2 N–H and O–H groups in total. The van der Waals surface area contributed by atoms with Gasteiger partial charge in [-0.1, -0.05) is 121 Å². The van der Waals surface area contributed by atoms with Crippen molar-refractivity contribution in [2.45, 2.75) is 6.04 Å². The smallest absolute Gasteiger partial charge is 0.0944 e. The minimum atomic E-state index is -0.0430. The van der Waals surface area contributed by atoms with Gasteiger partial charge < -0.3 is 20.5 Å². The van der Waals surface area contributed by atoms with Crippen LogP contribution in [0.15, 0.2) is 157 Å². The Balaban J connectivity index is 1.16. The lowest BCUT2D eigenvalue weighted by Gasteiger charge is -2.29. The molecule has 1 unspecified atom stereocenters. The van der Waals surface area contributed by atoms with Gasteiger partial charge in [-0.2, -0.15) is 6.20 Å². The number of benzene rings is 4. The zero-order valence-electron chi connectivity index (χ0n) is 25.8. The molecule has 0 amide bonds. The largest absolute Gasteiger partial charge is 0.687 e. The first-order valence-electron chi connectivity index (χ1n) is 16.1. The maximum absolute atomic E-state index is 5.42. The maximum Gasteiger partial charge on any atom is 0.0944 e. The fourth-order valence-electron chi connectivity index (χ4n) is 6.92. The maximum atomic E-state index is 5.42. The number of nitrogens with zero attached hydrogens (tertiary/aromatic N) is 3. The van der Waals surface area contributed by atoms with E-state index in [1.807, 2.05) is 12.3 Å². The third-order valence-electron chi connectivity index (χ3n) is 9.27. The van der Waals surface area contributed by atoms with Gasteiger partial charge in [0.1, 0.15) is 0 Å². The average Bonchev–Trinajstić information content (AvgIpc) is 3.49. The summed E-state index contributed by atoms with van der Waals surface area (Å²) in [5.74, 6) is 0. The first kappa shape index (κ1) is 27.3. The van der Waals surface area contributed by atoms with E-state index in [1.54, 1.807) is 0 Å². The Morgan fingerprint density at radius 2 is 1.45 bits per heavy atom. The fourth-order valence-corrected chi connectivity index (χ4v) is 6.92. The molecular formula is C42H32N5-. The Kier molecular flexibility index (Phi) is 6.60. The van der Waals surface area contributed by atoms with Gasteiger partial charge in [-0.05, 0) is 46.5 Å². The van der Waals surface area contributed by atoms with Crippen LogP contribution in [0.4, 0.5) is 0 Å². The molecule has 9 rings (SSSR count). The van der Waals surface area contributed by atoms with Crippen LogP contribution in [0.2, 0.25) is 0 Å². The minimum Gasteiger partial charge on any atom is -0.687 e. The molecule has 0 bridgehead atoms. The lowest BCUT2D eigenvalue weighted by atomic mass is 9.94. The van der Waals surface area contributed by atoms with Gasteiger partial charge in [0, 0.05) is 34.8 Å². The van der Waals surface area contributed by atoms with Crippen molar-refractivity contribution < 1.29 is 0 Å². The van der Waals surface area contributed by atoms with Crippen LogP contribution in [0.1, 0.15) is 22.3 Å². The molecule has 5 nitrogen and oxygen atoms in total. The van der Waals surface area contributed by atoms with Crippen molar-refractivity contribution in [1.29, 1.82) is 0 Å².